The topological polar surface area (TPSA) is 103 Å². The Bertz CT molecular complexity index is 1140. The first kappa shape index (κ1) is 20.5. The van der Waals surface area contributed by atoms with E-state index in [2.05, 4.69) is 25.5 Å². The fraction of sp³-hybridized carbons (Fsp3) is 0.211. The van der Waals surface area contributed by atoms with Crippen LogP contribution in [0.1, 0.15) is 16.6 Å². The number of carbonyl (C=O) groups is 1. The molecule has 1 N–H and O–H groups in total. The average Bonchev–Trinajstić information content (AvgIpc) is 3.49. The number of aryl methyl sites for hydroxylation is 1. The van der Waals surface area contributed by atoms with Crippen LogP contribution in [0.25, 0.3) is 11.3 Å². The number of carbonyl (C=O) groups excluding carboxylic acids is 1. The van der Waals surface area contributed by atoms with Crippen LogP contribution in [0.3, 0.4) is 0 Å². The molecule has 0 saturated heterocycles. The van der Waals surface area contributed by atoms with Crippen LogP contribution >= 0.6 is 34.4 Å². The minimum atomic E-state index is -0.189. The molecule has 0 radical (unpaired) electrons. The predicted octanol–water partition coefficient (Wildman–Crippen LogP) is 4.29. The maximum Gasteiger partial charge on any atom is 0.277 e. The molecule has 0 bridgehead atoms. The molecule has 4 aromatic rings. The Morgan fingerprint density at radius 3 is 2.73 bits per heavy atom. The zero-order valence-electron chi connectivity index (χ0n) is 16.1. The molecule has 0 fully saturated rings. The van der Waals surface area contributed by atoms with Crippen molar-refractivity contribution in [2.75, 3.05) is 18.2 Å². The van der Waals surface area contributed by atoms with Gasteiger partial charge in [-0.1, -0.05) is 11.8 Å². The molecule has 3 aromatic heterocycles. The Hall–Kier alpha value is -2.76. The highest BCUT2D eigenvalue weighted by Gasteiger charge is 2.13. The third-order valence-electron chi connectivity index (χ3n) is 3.91. The number of nitrogens with one attached hydrogen (secondary N) is 1. The average molecular weight is 460 g/mol. The molecule has 8 nitrogen and oxygen atoms in total. The number of aromatic nitrogens is 4. The Balaban J connectivity index is 1.28. The van der Waals surface area contributed by atoms with Crippen molar-refractivity contribution in [3.05, 3.63) is 51.6 Å². The Labute approximate surface area is 184 Å². The van der Waals surface area contributed by atoms with Gasteiger partial charge in [-0.25, -0.2) is 9.97 Å². The van der Waals surface area contributed by atoms with E-state index >= 15 is 0 Å². The lowest BCUT2D eigenvalue weighted by Crippen LogP contribution is -2.13. The third kappa shape index (κ3) is 5.23. The van der Waals surface area contributed by atoms with Gasteiger partial charge in [-0.05, 0) is 31.2 Å². The van der Waals surface area contributed by atoms with E-state index in [0.29, 0.717) is 22.7 Å². The number of ether oxygens (including phenoxy) is 1. The second kappa shape index (κ2) is 9.37. The van der Waals surface area contributed by atoms with E-state index in [-0.39, 0.29) is 11.7 Å². The fourth-order valence-corrected chi connectivity index (χ4v) is 4.45. The van der Waals surface area contributed by atoms with Gasteiger partial charge >= 0.3 is 0 Å². The van der Waals surface area contributed by atoms with Crippen LogP contribution in [0.2, 0.25) is 0 Å². The maximum absolute atomic E-state index is 12.2. The molecule has 1 aromatic carbocycles. The summed E-state index contributed by atoms with van der Waals surface area (Å²) in [6.07, 6.45) is 0.483. The molecule has 0 saturated carbocycles. The summed E-state index contributed by atoms with van der Waals surface area (Å²) in [5.74, 6) is 1.22. The first-order valence-electron chi connectivity index (χ1n) is 8.85. The van der Waals surface area contributed by atoms with Gasteiger partial charge in [0.15, 0.2) is 5.13 Å². The van der Waals surface area contributed by atoms with Gasteiger partial charge in [-0.2, -0.15) is 0 Å². The summed E-state index contributed by atoms with van der Waals surface area (Å²) in [7, 11) is 1.63. The van der Waals surface area contributed by atoms with Crippen molar-refractivity contribution in [3.8, 4) is 17.0 Å². The van der Waals surface area contributed by atoms with E-state index in [1.54, 1.807) is 18.4 Å². The molecule has 0 aliphatic heterocycles. The number of benzene rings is 1. The third-order valence-corrected chi connectivity index (χ3v) is 6.31. The smallest absolute Gasteiger partial charge is 0.277 e. The number of thioether (sulfide) groups is 1. The van der Waals surface area contributed by atoms with Gasteiger partial charge in [0.05, 0.1) is 35.7 Å². The highest BCUT2D eigenvalue weighted by Crippen LogP contribution is 2.27. The summed E-state index contributed by atoms with van der Waals surface area (Å²) in [5, 5.41) is 16.5. The molecule has 0 atom stereocenters. The van der Waals surface area contributed by atoms with Crippen LogP contribution in [0.4, 0.5) is 5.13 Å². The van der Waals surface area contributed by atoms with E-state index in [4.69, 9.17) is 9.15 Å². The molecule has 0 unspecified atom stereocenters. The van der Waals surface area contributed by atoms with Gasteiger partial charge in [-0.15, -0.1) is 32.9 Å². The number of hydrogen-bond donors (Lipinski definition) is 1. The van der Waals surface area contributed by atoms with Gasteiger partial charge in [0, 0.05) is 16.3 Å². The van der Waals surface area contributed by atoms with Crippen molar-refractivity contribution in [2.45, 2.75) is 18.6 Å². The van der Waals surface area contributed by atoms with Crippen molar-refractivity contribution in [1.82, 2.24) is 20.2 Å². The number of amides is 1. The van der Waals surface area contributed by atoms with Crippen molar-refractivity contribution >= 4 is 45.5 Å². The number of nitrogens with zero attached hydrogens (tertiary/aromatic N) is 4. The van der Waals surface area contributed by atoms with Crippen LogP contribution in [0.15, 0.2) is 44.7 Å². The van der Waals surface area contributed by atoms with Crippen LogP contribution in [0, 0.1) is 6.92 Å². The number of rotatable bonds is 8. The predicted molar refractivity (Wildman–Crippen MR) is 117 cm³/mol. The molecular formula is C19H17N5O3S3. The standard InChI is InChI=1S/C19H17N5O3S3/c1-11-20-13(8-28-11)7-17-23-24-19(27-17)30-10-16(25)22-18-21-15(9-29-18)12-3-5-14(26-2)6-4-12/h3-6,8-9H,7,10H2,1-2H3,(H,21,22,25). The Kier molecular flexibility index (Phi) is 6.41. The second-order valence-corrected chi connectivity index (χ2v) is 8.95. The van der Waals surface area contributed by atoms with Crippen molar-refractivity contribution in [3.63, 3.8) is 0 Å². The number of anilines is 1. The normalized spacial score (nSPS) is 10.9. The van der Waals surface area contributed by atoms with Crippen LogP contribution in [-0.2, 0) is 11.2 Å². The molecule has 30 heavy (non-hydrogen) atoms. The maximum atomic E-state index is 12.2. The van der Waals surface area contributed by atoms with E-state index in [0.717, 1.165) is 27.7 Å². The summed E-state index contributed by atoms with van der Waals surface area (Å²) in [4.78, 5) is 21.1. The number of methoxy groups -OCH3 is 1. The summed E-state index contributed by atoms with van der Waals surface area (Å²) in [6.45, 7) is 1.95. The largest absolute Gasteiger partial charge is 0.497 e. The van der Waals surface area contributed by atoms with Gasteiger partial charge in [0.2, 0.25) is 11.8 Å². The molecule has 3 heterocycles. The van der Waals surface area contributed by atoms with Crippen LogP contribution in [-0.4, -0.2) is 38.9 Å². The molecule has 154 valence electrons. The van der Waals surface area contributed by atoms with Gasteiger partial charge in [-0.3, -0.25) is 4.79 Å². The summed E-state index contributed by atoms with van der Waals surface area (Å²) in [6, 6.07) is 7.60. The monoisotopic (exact) mass is 459 g/mol. The highest BCUT2D eigenvalue weighted by atomic mass is 32.2. The number of hydrogen-bond acceptors (Lipinski definition) is 10. The summed E-state index contributed by atoms with van der Waals surface area (Å²) >= 11 is 4.13. The molecule has 1 amide bonds. The van der Waals surface area contributed by atoms with Gasteiger partial charge < -0.3 is 14.5 Å². The minimum Gasteiger partial charge on any atom is -0.497 e. The van der Waals surface area contributed by atoms with E-state index < -0.39 is 0 Å². The quantitative estimate of drug-likeness (QED) is 0.389. The molecule has 4 rings (SSSR count). The Morgan fingerprint density at radius 2 is 2.00 bits per heavy atom. The first-order valence-corrected chi connectivity index (χ1v) is 11.6. The second-order valence-electron chi connectivity index (χ2n) is 6.10. The SMILES string of the molecule is COc1ccc(-c2csc(NC(=O)CSc3nnc(Cc4csc(C)n4)o3)n2)cc1. The zero-order chi connectivity index (χ0) is 20.9. The highest BCUT2D eigenvalue weighted by molar-refractivity contribution is 7.99. The molecule has 11 heteroatoms. The van der Waals surface area contributed by atoms with E-state index in [1.165, 1.54) is 23.1 Å². The lowest BCUT2D eigenvalue weighted by atomic mass is 10.2. The molecule has 0 spiro atoms. The molecular weight excluding hydrogens is 442 g/mol. The molecule has 0 aliphatic carbocycles. The lowest BCUT2D eigenvalue weighted by Gasteiger charge is -2.01. The van der Waals surface area contributed by atoms with Gasteiger partial charge in [0.1, 0.15) is 5.75 Å². The van der Waals surface area contributed by atoms with Crippen molar-refractivity contribution in [1.29, 1.82) is 0 Å². The zero-order valence-corrected chi connectivity index (χ0v) is 18.6. The summed E-state index contributed by atoms with van der Waals surface area (Å²) < 4.78 is 10.7. The molecule has 0 aliphatic rings. The minimum absolute atomic E-state index is 0.148. The number of thiazole rings is 2. The lowest BCUT2D eigenvalue weighted by molar-refractivity contribution is -0.113. The van der Waals surface area contributed by atoms with E-state index in [9.17, 15) is 4.79 Å². The van der Waals surface area contributed by atoms with E-state index in [1.807, 2.05) is 41.9 Å². The van der Waals surface area contributed by atoms with Gasteiger partial charge in [0.25, 0.3) is 5.22 Å². The van der Waals surface area contributed by atoms with Crippen LogP contribution < -0.4 is 10.1 Å². The summed E-state index contributed by atoms with van der Waals surface area (Å²) in [5.41, 5.74) is 2.65. The first-order chi connectivity index (χ1) is 14.6. The van der Waals surface area contributed by atoms with Crippen molar-refractivity contribution < 1.29 is 13.9 Å². The van der Waals surface area contributed by atoms with Crippen molar-refractivity contribution in [2.24, 2.45) is 0 Å². The Morgan fingerprint density at radius 1 is 1.17 bits per heavy atom. The fourth-order valence-electron chi connectivity index (χ4n) is 2.52. The van der Waals surface area contributed by atoms with Crippen LogP contribution in [0.5, 0.6) is 5.75 Å².